The van der Waals surface area contributed by atoms with Crippen LogP contribution in [0.25, 0.3) is 10.8 Å². The van der Waals surface area contributed by atoms with Gasteiger partial charge in [0.25, 0.3) is 0 Å². The molecule has 0 radical (unpaired) electrons. The maximum Gasteiger partial charge on any atom is 0.194 e. The third-order valence-corrected chi connectivity index (χ3v) is 4.47. The van der Waals surface area contributed by atoms with Crippen LogP contribution in [0, 0.1) is 0 Å². The molecule has 0 unspecified atom stereocenters. The fraction of sp³-hybridized carbons (Fsp3) is 0.100. The predicted molar refractivity (Wildman–Crippen MR) is 104 cm³/mol. The number of thiocarbonyl (C=S) groups is 1. The molecule has 4 heteroatoms. The Labute approximate surface area is 146 Å². The van der Waals surface area contributed by atoms with Crippen molar-refractivity contribution < 1.29 is 0 Å². The summed E-state index contributed by atoms with van der Waals surface area (Å²) < 4.78 is 0. The van der Waals surface area contributed by atoms with Gasteiger partial charge >= 0.3 is 0 Å². The monoisotopic (exact) mass is 331 g/mol. The van der Waals surface area contributed by atoms with Crippen LogP contribution >= 0.6 is 12.2 Å². The molecule has 3 aromatic rings. The van der Waals surface area contributed by atoms with Crippen LogP contribution in [0.3, 0.4) is 0 Å². The molecule has 0 atom stereocenters. The summed E-state index contributed by atoms with van der Waals surface area (Å²) in [6.45, 7) is 0.803. The van der Waals surface area contributed by atoms with Crippen LogP contribution in [0.4, 0.5) is 5.69 Å². The molecule has 3 nitrogen and oxygen atoms in total. The molecule has 0 saturated carbocycles. The Morgan fingerprint density at radius 2 is 1.67 bits per heavy atom. The summed E-state index contributed by atoms with van der Waals surface area (Å²) in [6, 6.07) is 24.7. The first-order chi connectivity index (χ1) is 11.8. The van der Waals surface area contributed by atoms with Crippen molar-refractivity contribution in [1.29, 1.82) is 0 Å². The number of hydrogen-bond acceptors (Lipinski definition) is 2. The van der Waals surface area contributed by atoms with Gasteiger partial charge in [-0.15, -0.1) is 0 Å². The minimum atomic E-state index is 0.636. The third-order valence-electron chi connectivity index (χ3n) is 4.16. The molecule has 1 heterocycles. The summed E-state index contributed by atoms with van der Waals surface area (Å²) in [5.41, 5.74) is 3.26. The van der Waals surface area contributed by atoms with Gasteiger partial charge in [-0.2, -0.15) is 5.10 Å². The van der Waals surface area contributed by atoms with Crippen LogP contribution in [0.1, 0.15) is 12.0 Å². The second-order valence-corrected chi connectivity index (χ2v) is 6.13. The van der Waals surface area contributed by atoms with E-state index in [0.717, 1.165) is 24.4 Å². The van der Waals surface area contributed by atoms with Gasteiger partial charge < -0.3 is 5.32 Å². The van der Waals surface area contributed by atoms with Gasteiger partial charge in [0, 0.05) is 24.2 Å². The zero-order valence-corrected chi connectivity index (χ0v) is 14.0. The van der Waals surface area contributed by atoms with Crippen molar-refractivity contribution in [3.05, 3.63) is 78.4 Å². The van der Waals surface area contributed by atoms with Crippen LogP contribution in [-0.4, -0.2) is 22.4 Å². The van der Waals surface area contributed by atoms with E-state index in [-0.39, 0.29) is 0 Å². The lowest BCUT2D eigenvalue weighted by Gasteiger charge is -2.16. The molecule has 0 spiro atoms. The number of anilines is 1. The minimum Gasteiger partial charge on any atom is -0.331 e. The minimum absolute atomic E-state index is 0.636. The standard InChI is InChI=1S/C20H17N3S/c24-20(21-16-9-2-1-3-10-16)23-14-13-19(22-23)18-12-6-8-15-7-4-5-11-17(15)18/h1-12H,13-14H2,(H,21,24). The Balaban J connectivity index is 1.59. The topological polar surface area (TPSA) is 27.6 Å². The Kier molecular flexibility index (Phi) is 3.97. The van der Waals surface area contributed by atoms with Gasteiger partial charge in [0.1, 0.15) is 0 Å². The van der Waals surface area contributed by atoms with Crippen molar-refractivity contribution in [1.82, 2.24) is 5.01 Å². The molecule has 1 N–H and O–H groups in total. The average Bonchev–Trinajstić information content (AvgIpc) is 3.12. The third kappa shape index (κ3) is 2.88. The van der Waals surface area contributed by atoms with Crippen LogP contribution in [0.15, 0.2) is 77.9 Å². The van der Waals surface area contributed by atoms with Crippen molar-refractivity contribution in [2.24, 2.45) is 5.10 Å². The molecule has 0 fully saturated rings. The zero-order valence-electron chi connectivity index (χ0n) is 13.1. The quantitative estimate of drug-likeness (QED) is 0.693. The smallest absolute Gasteiger partial charge is 0.194 e. The first kappa shape index (κ1) is 14.8. The van der Waals surface area contributed by atoms with Crippen molar-refractivity contribution >= 4 is 39.5 Å². The maximum atomic E-state index is 5.50. The highest BCUT2D eigenvalue weighted by Gasteiger charge is 2.20. The summed E-state index contributed by atoms with van der Waals surface area (Å²) in [7, 11) is 0. The number of benzene rings is 3. The van der Waals surface area contributed by atoms with Crippen molar-refractivity contribution in [2.75, 3.05) is 11.9 Å². The Morgan fingerprint density at radius 3 is 2.54 bits per heavy atom. The number of fused-ring (bicyclic) bond motifs is 1. The number of nitrogens with one attached hydrogen (secondary N) is 1. The molecule has 4 rings (SSSR count). The number of para-hydroxylation sites is 1. The highest BCUT2D eigenvalue weighted by atomic mass is 32.1. The summed E-state index contributed by atoms with van der Waals surface area (Å²) >= 11 is 5.50. The Hall–Kier alpha value is -2.72. The second-order valence-electron chi connectivity index (χ2n) is 5.74. The fourth-order valence-corrected chi connectivity index (χ4v) is 3.23. The molecule has 1 aliphatic heterocycles. The van der Waals surface area contributed by atoms with E-state index in [1.807, 2.05) is 35.3 Å². The summed E-state index contributed by atoms with van der Waals surface area (Å²) in [5.74, 6) is 0. The van der Waals surface area contributed by atoms with E-state index in [1.165, 1.54) is 16.3 Å². The molecule has 3 aromatic carbocycles. The van der Waals surface area contributed by atoms with Crippen molar-refractivity contribution in [2.45, 2.75) is 6.42 Å². The first-order valence-corrected chi connectivity index (χ1v) is 8.41. The van der Waals surface area contributed by atoms with Gasteiger partial charge in [-0.25, -0.2) is 5.01 Å². The average molecular weight is 331 g/mol. The molecule has 0 aliphatic carbocycles. The van der Waals surface area contributed by atoms with Crippen LogP contribution in [-0.2, 0) is 0 Å². The molecule has 0 amide bonds. The number of rotatable bonds is 2. The normalized spacial score (nSPS) is 13.8. The predicted octanol–water partition coefficient (Wildman–Crippen LogP) is 4.65. The maximum absolute atomic E-state index is 5.50. The molecule has 0 bridgehead atoms. The summed E-state index contributed by atoms with van der Waals surface area (Å²) in [5, 5.41) is 13.0. The van der Waals surface area contributed by atoms with E-state index in [9.17, 15) is 0 Å². The lowest BCUT2D eigenvalue weighted by Crippen LogP contribution is -2.28. The van der Waals surface area contributed by atoms with E-state index in [1.54, 1.807) is 0 Å². The van der Waals surface area contributed by atoms with E-state index in [4.69, 9.17) is 17.3 Å². The van der Waals surface area contributed by atoms with Gasteiger partial charge in [-0.05, 0) is 35.1 Å². The van der Waals surface area contributed by atoms with E-state index < -0.39 is 0 Å². The lowest BCUT2D eigenvalue weighted by molar-refractivity contribution is 0.499. The van der Waals surface area contributed by atoms with Crippen molar-refractivity contribution in [3.8, 4) is 0 Å². The van der Waals surface area contributed by atoms with Crippen molar-refractivity contribution in [3.63, 3.8) is 0 Å². The molecule has 1 aliphatic rings. The number of hydrazone groups is 1. The molecular weight excluding hydrogens is 314 g/mol. The van der Waals surface area contributed by atoms with Crippen LogP contribution < -0.4 is 5.32 Å². The van der Waals surface area contributed by atoms with Crippen LogP contribution in [0.2, 0.25) is 0 Å². The molecule has 0 saturated heterocycles. The molecule has 24 heavy (non-hydrogen) atoms. The number of nitrogens with zero attached hydrogens (tertiary/aromatic N) is 2. The Bertz CT molecular complexity index is 913. The highest BCUT2D eigenvalue weighted by Crippen LogP contribution is 2.23. The Morgan fingerprint density at radius 1 is 0.917 bits per heavy atom. The molecule has 118 valence electrons. The fourth-order valence-electron chi connectivity index (χ4n) is 2.98. The van der Waals surface area contributed by atoms with E-state index in [0.29, 0.717) is 5.11 Å². The van der Waals surface area contributed by atoms with Gasteiger partial charge in [0.15, 0.2) is 5.11 Å². The largest absolute Gasteiger partial charge is 0.331 e. The molecular formula is C20H17N3S. The lowest BCUT2D eigenvalue weighted by atomic mass is 10.00. The van der Waals surface area contributed by atoms with Gasteiger partial charge in [-0.3, -0.25) is 0 Å². The second kappa shape index (κ2) is 6.42. The van der Waals surface area contributed by atoms with Gasteiger partial charge in [0.2, 0.25) is 0 Å². The first-order valence-electron chi connectivity index (χ1n) is 8.00. The highest BCUT2D eigenvalue weighted by molar-refractivity contribution is 7.80. The summed E-state index contributed by atoms with van der Waals surface area (Å²) in [6.07, 6.45) is 0.893. The summed E-state index contributed by atoms with van der Waals surface area (Å²) in [4.78, 5) is 0. The van der Waals surface area contributed by atoms with Gasteiger partial charge in [-0.1, -0.05) is 60.7 Å². The van der Waals surface area contributed by atoms with Crippen LogP contribution in [0.5, 0.6) is 0 Å². The van der Waals surface area contributed by atoms with Gasteiger partial charge in [0.05, 0.1) is 5.71 Å². The van der Waals surface area contributed by atoms with E-state index in [2.05, 4.69) is 47.8 Å². The zero-order chi connectivity index (χ0) is 16.4. The van der Waals surface area contributed by atoms with E-state index >= 15 is 0 Å². The molecule has 0 aromatic heterocycles. The number of hydrogen-bond donors (Lipinski definition) is 1. The SMILES string of the molecule is S=C(Nc1ccccc1)N1CCC(c2cccc3ccccc23)=N1.